The van der Waals surface area contributed by atoms with Crippen LogP contribution in [-0.2, 0) is 4.79 Å². The minimum absolute atomic E-state index is 0.234. The van der Waals surface area contributed by atoms with Gasteiger partial charge in [-0.05, 0) is 73.2 Å². The fourth-order valence-corrected chi connectivity index (χ4v) is 3.20. The second-order valence-electron chi connectivity index (χ2n) is 7.22. The number of anilines is 1. The SMILES string of the molecule is CCOc1cc(OCC(=O)c2ccc(OC)cc2)cc(C(Nc2ccc(C#N)cc2)C(=O)O)c1. The Labute approximate surface area is 197 Å². The molecule has 1 unspecified atom stereocenters. The van der Waals surface area contributed by atoms with Crippen molar-refractivity contribution in [2.75, 3.05) is 25.6 Å². The molecule has 0 aliphatic carbocycles. The van der Waals surface area contributed by atoms with Gasteiger partial charge < -0.3 is 24.6 Å². The van der Waals surface area contributed by atoms with Crippen LogP contribution in [0.15, 0.2) is 66.7 Å². The van der Waals surface area contributed by atoms with Crippen molar-refractivity contribution in [3.8, 4) is 23.3 Å². The molecule has 0 heterocycles. The van der Waals surface area contributed by atoms with Gasteiger partial charge in [0.1, 0.15) is 17.2 Å². The Hall–Kier alpha value is -4.51. The Kier molecular flexibility index (Phi) is 8.08. The van der Waals surface area contributed by atoms with E-state index in [0.29, 0.717) is 46.2 Å². The Bertz CT molecular complexity index is 1180. The summed E-state index contributed by atoms with van der Waals surface area (Å²) in [6, 6.07) is 18.8. The van der Waals surface area contributed by atoms with E-state index in [0.717, 1.165) is 0 Å². The number of carboxylic acid groups (broad SMARTS) is 1. The topological polar surface area (TPSA) is 118 Å². The first kappa shape index (κ1) is 24.1. The number of aliphatic carboxylic acids is 1. The van der Waals surface area contributed by atoms with Gasteiger partial charge in [0.25, 0.3) is 0 Å². The summed E-state index contributed by atoms with van der Waals surface area (Å²) in [6.07, 6.45) is 0. The van der Waals surface area contributed by atoms with Gasteiger partial charge in [0, 0.05) is 17.3 Å². The maximum absolute atomic E-state index is 12.5. The smallest absolute Gasteiger partial charge is 0.330 e. The second kappa shape index (κ2) is 11.4. The van der Waals surface area contributed by atoms with Crippen molar-refractivity contribution >= 4 is 17.4 Å². The van der Waals surface area contributed by atoms with Crippen LogP contribution in [0.2, 0.25) is 0 Å². The van der Waals surface area contributed by atoms with Crippen LogP contribution in [-0.4, -0.2) is 37.2 Å². The third-order valence-corrected chi connectivity index (χ3v) is 4.90. The van der Waals surface area contributed by atoms with E-state index in [2.05, 4.69) is 5.32 Å². The van der Waals surface area contributed by atoms with Crippen LogP contribution in [0.5, 0.6) is 17.2 Å². The van der Waals surface area contributed by atoms with Gasteiger partial charge in [-0.2, -0.15) is 5.26 Å². The van der Waals surface area contributed by atoms with Gasteiger partial charge in [0.05, 0.1) is 25.3 Å². The first-order valence-corrected chi connectivity index (χ1v) is 10.5. The lowest BCUT2D eigenvalue weighted by molar-refractivity contribution is -0.138. The van der Waals surface area contributed by atoms with Crippen LogP contribution in [0.25, 0.3) is 0 Å². The largest absolute Gasteiger partial charge is 0.497 e. The number of hydrogen-bond acceptors (Lipinski definition) is 7. The molecule has 0 saturated heterocycles. The molecule has 0 aliphatic rings. The molecule has 0 aliphatic heterocycles. The Morgan fingerprint density at radius 2 is 1.62 bits per heavy atom. The minimum Gasteiger partial charge on any atom is -0.497 e. The molecule has 0 amide bonds. The summed E-state index contributed by atoms with van der Waals surface area (Å²) in [4.78, 5) is 24.6. The molecule has 0 fully saturated rings. The summed E-state index contributed by atoms with van der Waals surface area (Å²) in [5.41, 5.74) is 1.85. The predicted octanol–water partition coefficient (Wildman–Crippen LogP) is 4.47. The average Bonchev–Trinajstić information content (AvgIpc) is 2.86. The molecule has 3 aromatic rings. The molecule has 0 bridgehead atoms. The van der Waals surface area contributed by atoms with Crippen molar-refractivity contribution in [2.24, 2.45) is 0 Å². The van der Waals surface area contributed by atoms with Gasteiger partial charge in [0.2, 0.25) is 0 Å². The average molecular weight is 460 g/mol. The molecule has 3 aromatic carbocycles. The van der Waals surface area contributed by atoms with E-state index < -0.39 is 12.0 Å². The number of ketones is 1. The normalized spacial score (nSPS) is 11.1. The van der Waals surface area contributed by atoms with Crippen molar-refractivity contribution in [1.82, 2.24) is 0 Å². The minimum atomic E-state index is -1.12. The lowest BCUT2D eigenvalue weighted by Crippen LogP contribution is -2.21. The van der Waals surface area contributed by atoms with Gasteiger partial charge in [-0.3, -0.25) is 4.79 Å². The number of Topliss-reactive ketones (excluding diaryl/α,β-unsaturated/α-hetero) is 1. The van der Waals surface area contributed by atoms with Gasteiger partial charge in [0.15, 0.2) is 18.4 Å². The molecule has 0 spiro atoms. The number of nitrogens with one attached hydrogen (secondary N) is 1. The molecule has 1 atom stereocenters. The number of rotatable bonds is 11. The third kappa shape index (κ3) is 6.26. The molecule has 0 saturated carbocycles. The molecule has 8 heteroatoms. The molecule has 0 aromatic heterocycles. The van der Waals surface area contributed by atoms with E-state index in [4.69, 9.17) is 19.5 Å². The number of carboxylic acids is 1. The molecule has 174 valence electrons. The predicted molar refractivity (Wildman–Crippen MR) is 126 cm³/mol. The number of nitrogens with zero attached hydrogens (tertiary/aromatic N) is 1. The fraction of sp³-hybridized carbons (Fsp3) is 0.192. The van der Waals surface area contributed by atoms with Gasteiger partial charge >= 0.3 is 5.97 Å². The highest BCUT2D eigenvalue weighted by molar-refractivity contribution is 5.97. The monoisotopic (exact) mass is 460 g/mol. The summed E-state index contributed by atoms with van der Waals surface area (Å²) in [7, 11) is 1.55. The first-order valence-electron chi connectivity index (χ1n) is 10.5. The van der Waals surface area contributed by atoms with E-state index in [1.807, 2.05) is 13.0 Å². The van der Waals surface area contributed by atoms with Crippen molar-refractivity contribution < 1.29 is 28.9 Å². The van der Waals surface area contributed by atoms with Crippen molar-refractivity contribution in [3.63, 3.8) is 0 Å². The summed E-state index contributed by atoms with van der Waals surface area (Å²) in [5.74, 6) is 0.00578. The maximum atomic E-state index is 12.5. The summed E-state index contributed by atoms with van der Waals surface area (Å²) < 4.78 is 16.4. The van der Waals surface area contributed by atoms with Crippen molar-refractivity contribution in [3.05, 3.63) is 83.4 Å². The Morgan fingerprint density at radius 1 is 0.971 bits per heavy atom. The van der Waals surface area contributed by atoms with Crippen LogP contribution in [0.4, 0.5) is 5.69 Å². The maximum Gasteiger partial charge on any atom is 0.330 e. The number of nitriles is 1. The summed E-state index contributed by atoms with van der Waals surface area (Å²) >= 11 is 0. The highest BCUT2D eigenvalue weighted by Crippen LogP contribution is 2.29. The van der Waals surface area contributed by atoms with Crippen LogP contribution in [0.1, 0.15) is 34.5 Å². The number of hydrogen-bond donors (Lipinski definition) is 2. The van der Waals surface area contributed by atoms with Gasteiger partial charge in [-0.1, -0.05) is 0 Å². The van der Waals surface area contributed by atoms with E-state index in [-0.39, 0.29) is 12.4 Å². The lowest BCUT2D eigenvalue weighted by atomic mass is 10.1. The van der Waals surface area contributed by atoms with Gasteiger partial charge in [-0.15, -0.1) is 0 Å². The number of carbonyl (C=O) groups excluding carboxylic acids is 1. The van der Waals surface area contributed by atoms with Crippen molar-refractivity contribution in [1.29, 1.82) is 5.26 Å². The van der Waals surface area contributed by atoms with Crippen LogP contribution in [0.3, 0.4) is 0 Å². The molecule has 34 heavy (non-hydrogen) atoms. The second-order valence-corrected chi connectivity index (χ2v) is 7.22. The number of ether oxygens (including phenoxy) is 3. The molecule has 3 rings (SSSR count). The molecule has 0 radical (unpaired) electrons. The zero-order valence-electron chi connectivity index (χ0n) is 18.8. The van der Waals surface area contributed by atoms with Gasteiger partial charge in [-0.25, -0.2) is 4.79 Å². The summed E-state index contributed by atoms with van der Waals surface area (Å²) in [5, 5.41) is 21.7. The van der Waals surface area contributed by atoms with Crippen LogP contribution < -0.4 is 19.5 Å². The highest BCUT2D eigenvalue weighted by Gasteiger charge is 2.22. The number of benzene rings is 3. The molecular formula is C26H24N2O6. The molecular weight excluding hydrogens is 436 g/mol. The Morgan fingerprint density at radius 3 is 2.18 bits per heavy atom. The standard InChI is InChI=1S/C26H24N2O6/c1-3-33-22-12-19(25(26(30)31)28-20-8-4-17(15-27)5-9-20)13-23(14-22)34-16-24(29)18-6-10-21(32-2)11-7-18/h4-14,25,28H,3,16H2,1-2H3,(H,30,31). The highest BCUT2D eigenvalue weighted by atomic mass is 16.5. The quantitative estimate of drug-likeness (QED) is 0.403. The number of methoxy groups -OCH3 is 1. The van der Waals surface area contributed by atoms with E-state index >= 15 is 0 Å². The van der Waals surface area contributed by atoms with E-state index in [9.17, 15) is 14.7 Å². The van der Waals surface area contributed by atoms with Crippen molar-refractivity contribution in [2.45, 2.75) is 13.0 Å². The zero-order valence-corrected chi connectivity index (χ0v) is 18.8. The summed E-state index contributed by atoms with van der Waals surface area (Å²) in [6.45, 7) is 1.95. The lowest BCUT2D eigenvalue weighted by Gasteiger charge is -2.18. The first-order chi connectivity index (χ1) is 16.4. The Balaban J connectivity index is 1.81. The third-order valence-electron chi connectivity index (χ3n) is 4.90. The number of carbonyl (C=O) groups is 2. The van der Waals surface area contributed by atoms with E-state index in [1.165, 1.54) is 0 Å². The zero-order chi connectivity index (χ0) is 24.5. The van der Waals surface area contributed by atoms with Crippen LogP contribution in [0, 0.1) is 11.3 Å². The van der Waals surface area contributed by atoms with Crippen LogP contribution >= 0.6 is 0 Å². The molecule has 2 N–H and O–H groups in total. The fourth-order valence-electron chi connectivity index (χ4n) is 3.20. The molecule has 8 nitrogen and oxygen atoms in total. The van der Waals surface area contributed by atoms with E-state index in [1.54, 1.807) is 73.8 Å².